The van der Waals surface area contributed by atoms with Crippen LogP contribution in [0.2, 0.25) is 0 Å². The summed E-state index contributed by atoms with van der Waals surface area (Å²) in [5.74, 6) is 0.186. The summed E-state index contributed by atoms with van der Waals surface area (Å²) in [7, 11) is 3.13. The first kappa shape index (κ1) is 21.3. The number of hydrogen-bond donors (Lipinski definition) is 1. The summed E-state index contributed by atoms with van der Waals surface area (Å²) in [6.07, 6.45) is 0. The summed E-state index contributed by atoms with van der Waals surface area (Å²) in [6, 6.07) is 18.3. The Balaban J connectivity index is 1.39. The SMILES string of the molecule is COc1ccc(-c2csc(NC(=O)COC(=O)c3cccc4ccccc34)n2)cc1OC. The van der Waals surface area contributed by atoms with Gasteiger partial charge in [-0.05, 0) is 35.0 Å². The summed E-state index contributed by atoms with van der Waals surface area (Å²) in [5.41, 5.74) is 1.92. The molecule has 0 atom stereocenters. The van der Waals surface area contributed by atoms with Gasteiger partial charge in [-0.15, -0.1) is 11.3 Å². The quantitative estimate of drug-likeness (QED) is 0.410. The number of nitrogens with zero attached hydrogens (tertiary/aromatic N) is 1. The molecule has 0 fully saturated rings. The average molecular weight is 449 g/mol. The molecule has 0 aliphatic rings. The minimum atomic E-state index is -0.554. The molecule has 32 heavy (non-hydrogen) atoms. The van der Waals surface area contributed by atoms with Crippen LogP contribution in [-0.2, 0) is 9.53 Å². The Kier molecular flexibility index (Phi) is 6.32. The number of fused-ring (bicyclic) bond motifs is 1. The van der Waals surface area contributed by atoms with Crippen LogP contribution in [0.15, 0.2) is 66.0 Å². The normalized spacial score (nSPS) is 10.6. The van der Waals surface area contributed by atoms with Crippen LogP contribution in [0.4, 0.5) is 5.13 Å². The summed E-state index contributed by atoms with van der Waals surface area (Å²) in [6.45, 7) is -0.409. The van der Waals surface area contributed by atoms with Gasteiger partial charge >= 0.3 is 5.97 Å². The molecule has 4 rings (SSSR count). The van der Waals surface area contributed by atoms with E-state index in [1.54, 1.807) is 32.4 Å². The lowest BCUT2D eigenvalue weighted by Crippen LogP contribution is -2.21. The molecule has 0 bridgehead atoms. The van der Waals surface area contributed by atoms with Gasteiger partial charge in [0.25, 0.3) is 5.91 Å². The lowest BCUT2D eigenvalue weighted by molar-refractivity contribution is -0.119. The third-order valence-corrected chi connectivity index (χ3v) is 5.53. The number of ether oxygens (including phenoxy) is 3. The van der Waals surface area contributed by atoms with Gasteiger partial charge in [-0.25, -0.2) is 9.78 Å². The van der Waals surface area contributed by atoms with Gasteiger partial charge in [-0.1, -0.05) is 36.4 Å². The standard InChI is InChI=1S/C24H20N2O5S/c1-29-20-11-10-16(12-21(20)30-2)19-14-32-24(25-19)26-22(27)13-31-23(28)18-9-5-7-15-6-3-4-8-17(15)18/h3-12,14H,13H2,1-2H3,(H,25,26,27). The highest BCUT2D eigenvalue weighted by Gasteiger charge is 2.15. The second-order valence-corrected chi connectivity index (χ2v) is 7.62. The molecule has 0 saturated carbocycles. The van der Waals surface area contributed by atoms with E-state index in [9.17, 15) is 9.59 Å². The molecular weight excluding hydrogens is 428 g/mol. The van der Waals surface area contributed by atoms with Crippen LogP contribution >= 0.6 is 11.3 Å². The lowest BCUT2D eigenvalue weighted by Gasteiger charge is -2.08. The fraction of sp³-hybridized carbons (Fsp3) is 0.125. The Labute approximate surface area is 188 Å². The molecular formula is C24H20N2O5S. The highest BCUT2D eigenvalue weighted by molar-refractivity contribution is 7.14. The van der Waals surface area contributed by atoms with E-state index in [0.717, 1.165) is 16.3 Å². The maximum atomic E-state index is 12.5. The van der Waals surface area contributed by atoms with Gasteiger partial charge in [-0.3, -0.25) is 10.1 Å². The van der Waals surface area contributed by atoms with Gasteiger partial charge in [-0.2, -0.15) is 0 Å². The first-order valence-electron chi connectivity index (χ1n) is 9.71. The van der Waals surface area contributed by atoms with Crippen molar-refractivity contribution in [2.24, 2.45) is 0 Å². The molecule has 0 aliphatic carbocycles. The van der Waals surface area contributed by atoms with Crippen molar-refractivity contribution >= 4 is 39.1 Å². The van der Waals surface area contributed by atoms with Crippen molar-refractivity contribution in [2.75, 3.05) is 26.1 Å². The number of nitrogens with one attached hydrogen (secondary N) is 1. The molecule has 0 unspecified atom stereocenters. The number of esters is 1. The van der Waals surface area contributed by atoms with E-state index in [1.807, 2.05) is 47.8 Å². The van der Waals surface area contributed by atoms with Crippen molar-refractivity contribution in [1.29, 1.82) is 0 Å². The topological polar surface area (TPSA) is 86.8 Å². The van der Waals surface area contributed by atoms with Gasteiger partial charge < -0.3 is 14.2 Å². The van der Waals surface area contributed by atoms with Crippen LogP contribution in [0.1, 0.15) is 10.4 Å². The Bertz CT molecular complexity index is 1280. The number of hydrogen-bond acceptors (Lipinski definition) is 7. The van der Waals surface area contributed by atoms with Crippen LogP contribution < -0.4 is 14.8 Å². The van der Waals surface area contributed by atoms with E-state index < -0.39 is 18.5 Å². The van der Waals surface area contributed by atoms with Crippen molar-refractivity contribution in [3.05, 3.63) is 71.6 Å². The fourth-order valence-corrected chi connectivity index (χ4v) is 3.96. The molecule has 1 N–H and O–H groups in total. The summed E-state index contributed by atoms with van der Waals surface area (Å²) >= 11 is 1.27. The van der Waals surface area contributed by atoms with Gasteiger partial charge in [0.2, 0.25) is 0 Å². The zero-order chi connectivity index (χ0) is 22.5. The van der Waals surface area contributed by atoms with Crippen LogP contribution in [0, 0.1) is 0 Å². The van der Waals surface area contributed by atoms with Crippen molar-refractivity contribution in [1.82, 2.24) is 4.98 Å². The number of amides is 1. The summed E-state index contributed by atoms with van der Waals surface area (Å²) < 4.78 is 15.8. The molecule has 1 heterocycles. The molecule has 0 aliphatic heterocycles. The first-order valence-corrected chi connectivity index (χ1v) is 10.6. The smallest absolute Gasteiger partial charge is 0.339 e. The Morgan fingerprint density at radius 3 is 2.56 bits per heavy atom. The van der Waals surface area contributed by atoms with Crippen molar-refractivity contribution in [3.8, 4) is 22.8 Å². The Hall–Kier alpha value is -3.91. The summed E-state index contributed by atoms with van der Waals surface area (Å²) in [4.78, 5) is 29.2. The van der Waals surface area contributed by atoms with Crippen LogP contribution in [0.3, 0.4) is 0 Å². The highest BCUT2D eigenvalue weighted by Crippen LogP contribution is 2.33. The highest BCUT2D eigenvalue weighted by atomic mass is 32.1. The van der Waals surface area contributed by atoms with E-state index in [1.165, 1.54) is 11.3 Å². The number of anilines is 1. The van der Waals surface area contributed by atoms with Crippen LogP contribution in [0.25, 0.3) is 22.0 Å². The molecule has 8 heteroatoms. The number of methoxy groups -OCH3 is 2. The minimum Gasteiger partial charge on any atom is -0.493 e. The van der Waals surface area contributed by atoms with Gasteiger partial charge in [0.1, 0.15) is 0 Å². The molecule has 4 aromatic rings. The van der Waals surface area contributed by atoms with Gasteiger partial charge in [0.05, 0.1) is 25.5 Å². The summed E-state index contributed by atoms with van der Waals surface area (Å²) in [5, 5.41) is 6.59. The maximum Gasteiger partial charge on any atom is 0.339 e. The number of carbonyl (C=O) groups excluding carboxylic acids is 2. The average Bonchev–Trinajstić information content (AvgIpc) is 3.30. The molecule has 0 radical (unpaired) electrons. The molecule has 1 amide bonds. The predicted octanol–water partition coefficient (Wildman–Crippen LogP) is 4.78. The maximum absolute atomic E-state index is 12.5. The lowest BCUT2D eigenvalue weighted by atomic mass is 10.1. The number of rotatable bonds is 7. The van der Waals surface area contributed by atoms with E-state index in [-0.39, 0.29) is 0 Å². The van der Waals surface area contributed by atoms with E-state index in [0.29, 0.717) is 27.9 Å². The Morgan fingerprint density at radius 2 is 1.75 bits per heavy atom. The third kappa shape index (κ3) is 4.55. The van der Waals surface area contributed by atoms with Crippen molar-refractivity contribution < 1.29 is 23.8 Å². The predicted molar refractivity (Wildman–Crippen MR) is 124 cm³/mol. The van der Waals surface area contributed by atoms with E-state index in [4.69, 9.17) is 14.2 Å². The minimum absolute atomic E-state index is 0.404. The zero-order valence-electron chi connectivity index (χ0n) is 17.5. The second-order valence-electron chi connectivity index (χ2n) is 6.76. The Morgan fingerprint density at radius 1 is 0.969 bits per heavy atom. The second kappa shape index (κ2) is 9.49. The molecule has 1 aromatic heterocycles. The van der Waals surface area contributed by atoms with Crippen LogP contribution in [-0.4, -0.2) is 37.7 Å². The monoisotopic (exact) mass is 448 g/mol. The fourth-order valence-electron chi connectivity index (χ4n) is 3.23. The van der Waals surface area contributed by atoms with Gasteiger partial charge in [0, 0.05) is 10.9 Å². The third-order valence-electron chi connectivity index (χ3n) is 4.77. The molecule has 162 valence electrons. The number of aromatic nitrogens is 1. The number of thiazole rings is 1. The number of benzene rings is 3. The zero-order valence-corrected chi connectivity index (χ0v) is 18.3. The molecule has 0 saturated heterocycles. The largest absolute Gasteiger partial charge is 0.493 e. The van der Waals surface area contributed by atoms with Crippen molar-refractivity contribution in [3.63, 3.8) is 0 Å². The van der Waals surface area contributed by atoms with E-state index >= 15 is 0 Å². The van der Waals surface area contributed by atoms with Crippen molar-refractivity contribution in [2.45, 2.75) is 0 Å². The molecule has 3 aromatic carbocycles. The molecule has 7 nitrogen and oxygen atoms in total. The first-order chi connectivity index (χ1) is 15.6. The van der Waals surface area contributed by atoms with Crippen LogP contribution in [0.5, 0.6) is 11.5 Å². The van der Waals surface area contributed by atoms with E-state index in [2.05, 4.69) is 10.3 Å². The van der Waals surface area contributed by atoms with Gasteiger partial charge in [0.15, 0.2) is 23.2 Å². The number of carbonyl (C=O) groups is 2. The molecule has 0 spiro atoms.